The summed E-state index contributed by atoms with van der Waals surface area (Å²) in [5, 5.41) is 7.07. The summed E-state index contributed by atoms with van der Waals surface area (Å²) in [4.78, 5) is 16.1. The monoisotopic (exact) mass is 281 g/mol. The molecule has 0 unspecified atom stereocenters. The Hall–Kier alpha value is -1.60. The molecule has 1 fully saturated rings. The first-order valence-electron chi connectivity index (χ1n) is 6.89. The maximum absolute atomic E-state index is 12.1. The van der Waals surface area contributed by atoms with Gasteiger partial charge in [0.15, 0.2) is 0 Å². The van der Waals surface area contributed by atoms with Gasteiger partial charge in [-0.05, 0) is 6.92 Å². The van der Waals surface area contributed by atoms with Crippen LogP contribution in [0.15, 0.2) is 6.07 Å². The van der Waals surface area contributed by atoms with Gasteiger partial charge in [-0.2, -0.15) is 5.10 Å². The minimum absolute atomic E-state index is 0.110. The van der Waals surface area contributed by atoms with E-state index >= 15 is 0 Å². The van der Waals surface area contributed by atoms with Crippen LogP contribution in [0.25, 0.3) is 0 Å². The molecule has 112 valence electrons. The summed E-state index contributed by atoms with van der Waals surface area (Å²) in [5.41, 5.74) is 0.888. The molecule has 1 saturated heterocycles. The topological polar surface area (TPSA) is 62.6 Å². The average molecular weight is 281 g/mol. The fraction of sp³-hybridized carbons (Fsp3) is 0.692. The summed E-state index contributed by atoms with van der Waals surface area (Å²) in [6.07, 6.45) is 0. The number of ether oxygens (including phenoxy) is 1. The first-order chi connectivity index (χ1) is 9.56. The number of morpholine rings is 1. The van der Waals surface area contributed by atoms with Gasteiger partial charge in [0, 0.05) is 46.3 Å². The predicted octanol–water partition coefficient (Wildman–Crippen LogP) is 0.524. The van der Waals surface area contributed by atoms with Crippen molar-refractivity contribution < 1.29 is 9.53 Å². The summed E-state index contributed by atoms with van der Waals surface area (Å²) >= 11 is 0. The highest BCUT2D eigenvalue weighted by Crippen LogP contribution is 2.08. The Labute approximate surface area is 119 Å². The van der Waals surface area contributed by atoms with E-state index in [0.29, 0.717) is 12.4 Å². The summed E-state index contributed by atoms with van der Waals surface area (Å²) in [7, 11) is 3.62. The van der Waals surface area contributed by atoms with Gasteiger partial charge < -0.3 is 9.64 Å². The summed E-state index contributed by atoms with van der Waals surface area (Å²) in [6, 6.07) is 1.74. The molecule has 7 heteroatoms. The van der Waals surface area contributed by atoms with Crippen LogP contribution >= 0.6 is 0 Å². The number of amides is 2. The van der Waals surface area contributed by atoms with E-state index in [9.17, 15) is 4.79 Å². The molecule has 0 aliphatic carbocycles. The normalized spacial score (nSPS) is 16.1. The number of carbonyl (C=O) groups excluding carboxylic acids is 1. The molecule has 0 aromatic carbocycles. The van der Waals surface area contributed by atoms with Crippen molar-refractivity contribution in [3.63, 3.8) is 0 Å². The number of hydrogen-bond donors (Lipinski definition) is 1. The van der Waals surface area contributed by atoms with Gasteiger partial charge in [-0.3, -0.25) is 14.9 Å². The third kappa shape index (κ3) is 3.94. The second-order valence-corrected chi connectivity index (χ2v) is 5.10. The van der Waals surface area contributed by atoms with E-state index in [2.05, 4.69) is 15.3 Å². The lowest BCUT2D eigenvalue weighted by molar-refractivity contribution is 0.0359. The fourth-order valence-corrected chi connectivity index (χ4v) is 2.15. The van der Waals surface area contributed by atoms with Gasteiger partial charge in [0.1, 0.15) is 5.82 Å². The van der Waals surface area contributed by atoms with Crippen molar-refractivity contribution in [3.05, 3.63) is 11.8 Å². The van der Waals surface area contributed by atoms with Gasteiger partial charge in [0.05, 0.1) is 18.9 Å². The third-order valence-corrected chi connectivity index (χ3v) is 3.44. The van der Waals surface area contributed by atoms with E-state index in [1.807, 2.05) is 20.0 Å². The van der Waals surface area contributed by atoms with E-state index in [4.69, 9.17) is 4.74 Å². The lowest BCUT2D eigenvalue weighted by atomic mass is 10.4. The zero-order valence-electron chi connectivity index (χ0n) is 12.4. The number of hydrogen-bond acceptors (Lipinski definition) is 4. The molecule has 0 atom stereocenters. The van der Waals surface area contributed by atoms with Crippen LogP contribution in [0.4, 0.5) is 10.6 Å². The smallest absolute Gasteiger partial charge is 0.322 e. The molecule has 1 aromatic heterocycles. The second kappa shape index (κ2) is 6.71. The van der Waals surface area contributed by atoms with Crippen LogP contribution in [-0.2, 0) is 11.8 Å². The first-order valence-corrected chi connectivity index (χ1v) is 6.89. The Balaban J connectivity index is 1.78. The molecule has 2 rings (SSSR count). The van der Waals surface area contributed by atoms with Crippen molar-refractivity contribution in [1.82, 2.24) is 19.6 Å². The molecule has 0 radical (unpaired) electrons. The molecular weight excluding hydrogens is 258 g/mol. The number of rotatable bonds is 4. The quantitative estimate of drug-likeness (QED) is 0.874. The van der Waals surface area contributed by atoms with Gasteiger partial charge in [0.25, 0.3) is 0 Å². The number of nitrogens with zero attached hydrogens (tertiary/aromatic N) is 4. The Kier molecular flexibility index (Phi) is 4.97. The maximum atomic E-state index is 12.1. The number of aromatic nitrogens is 2. The SMILES string of the molecule is Cc1cc(NC(=O)N(C)CCN2CCOCC2)n(C)n1. The van der Waals surface area contributed by atoms with Crippen molar-refractivity contribution in [2.45, 2.75) is 6.92 Å². The molecule has 0 bridgehead atoms. The Morgan fingerprint density at radius 2 is 2.20 bits per heavy atom. The highest BCUT2D eigenvalue weighted by molar-refractivity contribution is 5.88. The van der Waals surface area contributed by atoms with Gasteiger partial charge in [0.2, 0.25) is 0 Å². The van der Waals surface area contributed by atoms with Crippen LogP contribution in [0.3, 0.4) is 0 Å². The molecule has 2 amide bonds. The van der Waals surface area contributed by atoms with E-state index in [0.717, 1.165) is 38.5 Å². The Morgan fingerprint density at radius 3 is 2.80 bits per heavy atom. The molecule has 0 spiro atoms. The molecule has 0 saturated carbocycles. The lowest BCUT2D eigenvalue weighted by Crippen LogP contribution is -2.43. The molecule has 20 heavy (non-hydrogen) atoms. The Bertz CT molecular complexity index is 454. The first kappa shape index (κ1) is 14.8. The predicted molar refractivity (Wildman–Crippen MR) is 76.9 cm³/mol. The molecule has 1 aromatic rings. The van der Waals surface area contributed by atoms with Crippen LogP contribution in [0.1, 0.15) is 5.69 Å². The largest absolute Gasteiger partial charge is 0.379 e. The highest BCUT2D eigenvalue weighted by atomic mass is 16.5. The minimum atomic E-state index is -0.110. The van der Waals surface area contributed by atoms with Crippen LogP contribution < -0.4 is 5.32 Å². The van der Waals surface area contributed by atoms with Crippen molar-refractivity contribution in [2.75, 3.05) is 51.8 Å². The number of nitrogens with one attached hydrogen (secondary N) is 1. The van der Waals surface area contributed by atoms with E-state index in [-0.39, 0.29) is 6.03 Å². The second-order valence-electron chi connectivity index (χ2n) is 5.10. The van der Waals surface area contributed by atoms with Crippen molar-refractivity contribution in [1.29, 1.82) is 0 Å². The zero-order chi connectivity index (χ0) is 14.5. The minimum Gasteiger partial charge on any atom is -0.379 e. The molecule has 2 heterocycles. The van der Waals surface area contributed by atoms with Crippen LogP contribution in [0.2, 0.25) is 0 Å². The van der Waals surface area contributed by atoms with Crippen molar-refractivity contribution in [2.24, 2.45) is 7.05 Å². The zero-order valence-corrected chi connectivity index (χ0v) is 12.4. The fourth-order valence-electron chi connectivity index (χ4n) is 2.15. The van der Waals surface area contributed by atoms with E-state index < -0.39 is 0 Å². The van der Waals surface area contributed by atoms with Crippen molar-refractivity contribution >= 4 is 11.8 Å². The molecule has 7 nitrogen and oxygen atoms in total. The number of likely N-dealkylation sites (N-methyl/N-ethyl adjacent to an activating group) is 1. The maximum Gasteiger partial charge on any atom is 0.322 e. The van der Waals surface area contributed by atoms with Gasteiger partial charge in [-0.25, -0.2) is 4.79 Å². The summed E-state index contributed by atoms with van der Waals surface area (Å²) < 4.78 is 6.97. The van der Waals surface area contributed by atoms with Gasteiger partial charge in [-0.15, -0.1) is 0 Å². The average Bonchev–Trinajstić information content (AvgIpc) is 2.75. The molecular formula is C13H23N5O2. The van der Waals surface area contributed by atoms with Crippen LogP contribution in [0.5, 0.6) is 0 Å². The molecule has 1 aliphatic rings. The molecule has 1 N–H and O–H groups in total. The molecule has 1 aliphatic heterocycles. The number of urea groups is 1. The highest BCUT2D eigenvalue weighted by Gasteiger charge is 2.14. The van der Waals surface area contributed by atoms with Crippen molar-refractivity contribution in [3.8, 4) is 0 Å². The lowest BCUT2D eigenvalue weighted by Gasteiger charge is -2.28. The van der Waals surface area contributed by atoms with Gasteiger partial charge >= 0.3 is 6.03 Å². The number of aryl methyl sites for hydroxylation is 2. The van der Waals surface area contributed by atoms with E-state index in [1.54, 1.807) is 16.6 Å². The van der Waals surface area contributed by atoms with E-state index in [1.165, 1.54) is 0 Å². The third-order valence-electron chi connectivity index (χ3n) is 3.44. The Morgan fingerprint density at radius 1 is 1.50 bits per heavy atom. The van der Waals surface area contributed by atoms with Crippen LogP contribution in [0, 0.1) is 6.92 Å². The summed E-state index contributed by atoms with van der Waals surface area (Å²) in [6.45, 7) is 6.92. The summed E-state index contributed by atoms with van der Waals surface area (Å²) in [5.74, 6) is 0.714. The number of anilines is 1. The standard InChI is InChI=1S/C13H23N5O2/c1-11-10-12(17(3)15-11)14-13(19)16(2)4-5-18-6-8-20-9-7-18/h10H,4-9H2,1-3H3,(H,14,19). The van der Waals surface area contributed by atoms with Crippen LogP contribution in [-0.4, -0.2) is 72.1 Å². The number of carbonyl (C=O) groups is 1. The van der Waals surface area contributed by atoms with Gasteiger partial charge in [-0.1, -0.05) is 0 Å².